The molecule has 0 heterocycles. The number of benzene rings is 3. The standard InChI is InChI=1S/C23H19NO3/c1-2-15-26-21-13-9-19(10-14-21)18-5-7-20(8-6-18)23(25)27-22-11-3-17(16-24)4-12-22/h3-14H,2,15H2,1H3. The zero-order valence-electron chi connectivity index (χ0n) is 15.0. The van der Waals surface area contributed by atoms with Gasteiger partial charge in [0.1, 0.15) is 11.5 Å². The van der Waals surface area contributed by atoms with Crippen molar-refractivity contribution < 1.29 is 14.3 Å². The second kappa shape index (κ2) is 8.68. The van der Waals surface area contributed by atoms with Gasteiger partial charge in [-0.05, 0) is 66.1 Å². The van der Waals surface area contributed by atoms with Crippen LogP contribution in [0.3, 0.4) is 0 Å². The van der Waals surface area contributed by atoms with Gasteiger partial charge in [0.05, 0.1) is 23.8 Å². The van der Waals surface area contributed by atoms with E-state index < -0.39 is 5.97 Å². The van der Waals surface area contributed by atoms with Gasteiger partial charge in [0.15, 0.2) is 0 Å². The molecule has 0 saturated carbocycles. The van der Waals surface area contributed by atoms with Gasteiger partial charge < -0.3 is 9.47 Å². The number of rotatable bonds is 6. The third kappa shape index (κ3) is 4.74. The first-order chi connectivity index (χ1) is 13.2. The molecular weight excluding hydrogens is 338 g/mol. The lowest BCUT2D eigenvalue weighted by molar-refractivity contribution is 0.0735. The van der Waals surface area contributed by atoms with Crippen LogP contribution in [0.4, 0.5) is 0 Å². The van der Waals surface area contributed by atoms with Crippen molar-refractivity contribution in [3.8, 4) is 28.7 Å². The molecule has 0 atom stereocenters. The fourth-order valence-electron chi connectivity index (χ4n) is 2.53. The van der Waals surface area contributed by atoms with Crippen molar-refractivity contribution in [1.29, 1.82) is 5.26 Å². The van der Waals surface area contributed by atoms with Crippen LogP contribution in [0.1, 0.15) is 29.3 Å². The SMILES string of the molecule is CCCOc1ccc(-c2ccc(C(=O)Oc3ccc(C#N)cc3)cc2)cc1. The number of carbonyl (C=O) groups excluding carboxylic acids is 1. The molecule has 0 bridgehead atoms. The molecule has 0 unspecified atom stereocenters. The van der Waals surface area contributed by atoms with Gasteiger partial charge in [-0.15, -0.1) is 0 Å². The molecule has 3 rings (SSSR count). The Morgan fingerprint density at radius 3 is 1.96 bits per heavy atom. The van der Waals surface area contributed by atoms with Crippen LogP contribution >= 0.6 is 0 Å². The van der Waals surface area contributed by atoms with Crippen LogP contribution in [0.15, 0.2) is 72.8 Å². The molecule has 27 heavy (non-hydrogen) atoms. The minimum Gasteiger partial charge on any atom is -0.494 e. The molecule has 0 aliphatic rings. The molecule has 0 aromatic heterocycles. The largest absolute Gasteiger partial charge is 0.494 e. The molecule has 0 radical (unpaired) electrons. The molecule has 0 amide bonds. The zero-order chi connectivity index (χ0) is 19.1. The summed E-state index contributed by atoms with van der Waals surface area (Å²) >= 11 is 0. The van der Waals surface area contributed by atoms with E-state index >= 15 is 0 Å². The van der Waals surface area contributed by atoms with Crippen molar-refractivity contribution in [1.82, 2.24) is 0 Å². The van der Waals surface area contributed by atoms with Crippen molar-refractivity contribution in [2.75, 3.05) is 6.61 Å². The first-order valence-corrected chi connectivity index (χ1v) is 8.75. The van der Waals surface area contributed by atoms with Crippen molar-refractivity contribution in [3.63, 3.8) is 0 Å². The van der Waals surface area contributed by atoms with Crippen molar-refractivity contribution >= 4 is 5.97 Å². The second-order valence-corrected chi connectivity index (χ2v) is 5.98. The van der Waals surface area contributed by atoms with Gasteiger partial charge in [0.25, 0.3) is 0 Å². The quantitative estimate of drug-likeness (QED) is 0.447. The van der Waals surface area contributed by atoms with Gasteiger partial charge in [-0.2, -0.15) is 5.26 Å². The van der Waals surface area contributed by atoms with E-state index in [1.807, 2.05) is 42.5 Å². The Morgan fingerprint density at radius 1 is 0.852 bits per heavy atom. The molecule has 3 aromatic carbocycles. The maximum Gasteiger partial charge on any atom is 0.343 e. The van der Waals surface area contributed by atoms with Gasteiger partial charge in [0.2, 0.25) is 0 Å². The van der Waals surface area contributed by atoms with Crippen molar-refractivity contribution in [2.24, 2.45) is 0 Å². The van der Waals surface area contributed by atoms with Crippen LogP contribution in [0.2, 0.25) is 0 Å². The van der Waals surface area contributed by atoms with E-state index in [4.69, 9.17) is 14.7 Å². The average Bonchev–Trinajstić information content (AvgIpc) is 2.73. The molecule has 0 saturated heterocycles. The van der Waals surface area contributed by atoms with Gasteiger partial charge in [-0.3, -0.25) is 0 Å². The van der Waals surface area contributed by atoms with Crippen LogP contribution < -0.4 is 9.47 Å². The normalized spacial score (nSPS) is 10.1. The lowest BCUT2D eigenvalue weighted by atomic mass is 10.0. The summed E-state index contributed by atoms with van der Waals surface area (Å²) in [5.41, 5.74) is 3.04. The first kappa shape index (κ1) is 18.2. The predicted molar refractivity (Wildman–Crippen MR) is 104 cm³/mol. The molecule has 4 heteroatoms. The Hall–Kier alpha value is -3.58. The molecule has 0 spiro atoms. The summed E-state index contributed by atoms with van der Waals surface area (Å²) < 4.78 is 10.9. The number of esters is 1. The van der Waals surface area contributed by atoms with E-state index in [9.17, 15) is 4.79 Å². The zero-order valence-corrected chi connectivity index (χ0v) is 15.0. The highest BCUT2D eigenvalue weighted by atomic mass is 16.5. The third-order valence-corrected chi connectivity index (χ3v) is 3.98. The van der Waals surface area contributed by atoms with E-state index in [2.05, 4.69) is 6.92 Å². The average molecular weight is 357 g/mol. The summed E-state index contributed by atoms with van der Waals surface area (Å²) in [5, 5.41) is 8.80. The highest BCUT2D eigenvalue weighted by Gasteiger charge is 2.09. The van der Waals surface area contributed by atoms with Crippen LogP contribution in [0, 0.1) is 11.3 Å². The topological polar surface area (TPSA) is 59.3 Å². The number of carbonyl (C=O) groups is 1. The van der Waals surface area contributed by atoms with E-state index in [1.165, 1.54) is 0 Å². The van der Waals surface area contributed by atoms with Gasteiger partial charge in [-0.25, -0.2) is 4.79 Å². The Balaban J connectivity index is 1.67. The number of nitrogens with zero attached hydrogens (tertiary/aromatic N) is 1. The van der Waals surface area contributed by atoms with E-state index in [1.54, 1.807) is 36.4 Å². The highest BCUT2D eigenvalue weighted by Crippen LogP contribution is 2.23. The highest BCUT2D eigenvalue weighted by molar-refractivity contribution is 5.91. The maximum absolute atomic E-state index is 12.3. The van der Waals surface area contributed by atoms with Crippen molar-refractivity contribution in [2.45, 2.75) is 13.3 Å². The minimum absolute atomic E-state index is 0.408. The van der Waals surface area contributed by atoms with E-state index in [0.717, 1.165) is 23.3 Å². The molecular formula is C23H19NO3. The van der Waals surface area contributed by atoms with Crippen LogP contribution in [-0.2, 0) is 0 Å². The summed E-state index contributed by atoms with van der Waals surface area (Å²) in [5.74, 6) is 0.823. The predicted octanol–water partition coefficient (Wildman–Crippen LogP) is 5.23. The first-order valence-electron chi connectivity index (χ1n) is 8.75. The second-order valence-electron chi connectivity index (χ2n) is 5.98. The Kier molecular flexibility index (Phi) is 5.86. The van der Waals surface area contributed by atoms with Gasteiger partial charge in [0, 0.05) is 0 Å². The van der Waals surface area contributed by atoms with Crippen LogP contribution in [-0.4, -0.2) is 12.6 Å². The van der Waals surface area contributed by atoms with E-state index in [-0.39, 0.29) is 0 Å². The monoisotopic (exact) mass is 357 g/mol. The van der Waals surface area contributed by atoms with E-state index in [0.29, 0.717) is 23.5 Å². The molecule has 0 fully saturated rings. The van der Waals surface area contributed by atoms with Crippen molar-refractivity contribution in [3.05, 3.63) is 83.9 Å². The van der Waals surface area contributed by atoms with Gasteiger partial charge >= 0.3 is 5.97 Å². The summed E-state index contributed by atoms with van der Waals surface area (Å²) in [4.78, 5) is 12.3. The molecule has 0 N–H and O–H groups in total. The Morgan fingerprint density at radius 2 is 1.41 bits per heavy atom. The Bertz CT molecular complexity index is 937. The lowest BCUT2D eigenvalue weighted by Crippen LogP contribution is -2.08. The Labute approximate surface area is 158 Å². The molecule has 0 aliphatic carbocycles. The van der Waals surface area contributed by atoms with Gasteiger partial charge in [-0.1, -0.05) is 31.2 Å². The van der Waals surface area contributed by atoms with Crippen LogP contribution in [0.5, 0.6) is 11.5 Å². The lowest BCUT2D eigenvalue weighted by Gasteiger charge is -2.07. The minimum atomic E-state index is -0.436. The molecule has 3 aromatic rings. The molecule has 0 aliphatic heterocycles. The van der Waals surface area contributed by atoms with Crippen LogP contribution in [0.25, 0.3) is 11.1 Å². The fourth-order valence-corrected chi connectivity index (χ4v) is 2.53. The smallest absolute Gasteiger partial charge is 0.343 e. The summed E-state index contributed by atoms with van der Waals surface area (Å²) in [6.45, 7) is 2.78. The molecule has 4 nitrogen and oxygen atoms in total. The summed E-state index contributed by atoms with van der Waals surface area (Å²) in [7, 11) is 0. The maximum atomic E-state index is 12.3. The third-order valence-electron chi connectivity index (χ3n) is 3.98. The summed E-state index contributed by atoms with van der Waals surface area (Å²) in [6, 6.07) is 23.6. The number of ether oxygens (including phenoxy) is 2. The number of hydrogen-bond acceptors (Lipinski definition) is 4. The fraction of sp³-hybridized carbons (Fsp3) is 0.130. The number of hydrogen-bond donors (Lipinski definition) is 0. The number of nitriles is 1. The summed E-state index contributed by atoms with van der Waals surface area (Å²) in [6.07, 6.45) is 0.974. The molecule has 134 valence electrons.